The highest BCUT2D eigenvalue weighted by atomic mass is 19.1. The zero-order chi connectivity index (χ0) is 20.1. The second-order valence-electron chi connectivity index (χ2n) is 7.71. The molecule has 2 aliphatic rings. The molecular formula is C22H27FN2O4. The minimum absolute atomic E-state index is 0.241. The number of nitrogens with zero attached hydrogens (tertiary/aromatic N) is 1. The van der Waals surface area contributed by atoms with Crippen molar-refractivity contribution in [3.63, 3.8) is 0 Å². The van der Waals surface area contributed by atoms with Crippen LogP contribution in [-0.2, 0) is 21.4 Å². The highest BCUT2D eigenvalue weighted by molar-refractivity contribution is 5.91. The van der Waals surface area contributed by atoms with Gasteiger partial charge in [-0.3, -0.25) is 9.69 Å². The number of ether oxygens (including phenoxy) is 2. The maximum atomic E-state index is 14.5. The second-order valence-corrected chi connectivity index (χ2v) is 7.71. The van der Waals surface area contributed by atoms with E-state index in [1.807, 2.05) is 12.1 Å². The highest BCUT2D eigenvalue weighted by Gasteiger charge is 2.37. The van der Waals surface area contributed by atoms with Gasteiger partial charge in [-0.25, -0.2) is 4.39 Å². The zero-order valence-corrected chi connectivity index (χ0v) is 16.5. The molecule has 1 aromatic heterocycles. The van der Waals surface area contributed by atoms with Gasteiger partial charge >= 0.3 is 0 Å². The predicted octanol–water partition coefficient (Wildman–Crippen LogP) is 2.73. The number of carbonyl (C=O) groups excluding carboxylic acids is 1. The van der Waals surface area contributed by atoms with E-state index in [1.165, 1.54) is 6.07 Å². The Morgan fingerprint density at radius 2 is 1.76 bits per heavy atom. The quantitative estimate of drug-likeness (QED) is 0.805. The van der Waals surface area contributed by atoms with E-state index in [0.29, 0.717) is 44.7 Å². The molecule has 0 atom stereocenters. The van der Waals surface area contributed by atoms with Crippen LogP contribution in [0.25, 0.3) is 0 Å². The lowest BCUT2D eigenvalue weighted by Gasteiger charge is -2.38. The number of halogens is 1. The van der Waals surface area contributed by atoms with Crippen LogP contribution in [0.5, 0.6) is 0 Å². The number of carbonyl (C=O) groups is 1. The summed E-state index contributed by atoms with van der Waals surface area (Å²) in [5.41, 5.74) is 0.165. The molecule has 3 heterocycles. The summed E-state index contributed by atoms with van der Waals surface area (Å²) in [7, 11) is 0. The number of nitrogens with one attached hydrogen (secondary N) is 1. The van der Waals surface area contributed by atoms with Gasteiger partial charge in [-0.05, 0) is 36.6 Å². The van der Waals surface area contributed by atoms with Crippen molar-refractivity contribution in [2.75, 3.05) is 46.1 Å². The van der Waals surface area contributed by atoms with Crippen LogP contribution in [0.1, 0.15) is 34.7 Å². The lowest BCUT2D eigenvalue weighted by atomic mass is 9.74. The van der Waals surface area contributed by atoms with Crippen molar-refractivity contribution in [3.05, 3.63) is 59.3 Å². The first-order valence-corrected chi connectivity index (χ1v) is 10.2. The monoisotopic (exact) mass is 402 g/mol. The zero-order valence-electron chi connectivity index (χ0n) is 16.5. The largest absolute Gasteiger partial charge is 0.455 e. The lowest BCUT2D eigenvalue weighted by molar-refractivity contribution is 0.0311. The molecule has 29 heavy (non-hydrogen) atoms. The molecule has 0 unspecified atom stereocenters. The van der Waals surface area contributed by atoms with Gasteiger partial charge in [-0.1, -0.05) is 18.2 Å². The normalized spacial score (nSPS) is 19.8. The molecular weight excluding hydrogens is 375 g/mol. The van der Waals surface area contributed by atoms with Crippen LogP contribution >= 0.6 is 0 Å². The average Bonchev–Trinajstić information content (AvgIpc) is 3.22. The fraction of sp³-hybridized carbons (Fsp3) is 0.500. The molecule has 1 N–H and O–H groups in total. The number of hydrogen-bond acceptors (Lipinski definition) is 5. The van der Waals surface area contributed by atoms with E-state index < -0.39 is 5.41 Å². The molecule has 0 radical (unpaired) electrons. The van der Waals surface area contributed by atoms with Gasteiger partial charge in [0.15, 0.2) is 5.76 Å². The molecule has 0 bridgehead atoms. The first-order chi connectivity index (χ1) is 14.2. The van der Waals surface area contributed by atoms with E-state index in [9.17, 15) is 9.18 Å². The first-order valence-electron chi connectivity index (χ1n) is 10.2. The summed E-state index contributed by atoms with van der Waals surface area (Å²) in [5, 5.41) is 2.96. The predicted molar refractivity (Wildman–Crippen MR) is 105 cm³/mol. The average molecular weight is 402 g/mol. The van der Waals surface area contributed by atoms with Crippen molar-refractivity contribution < 1.29 is 23.1 Å². The molecule has 1 aromatic carbocycles. The van der Waals surface area contributed by atoms with Gasteiger partial charge in [-0.15, -0.1) is 0 Å². The minimum Gasteiger partial charge on any atom is -0.455 e. The van der Waals surface area contributed by atoms with Crippen LogP contribution in [0.15, 0.2) is 40.8 Å². The SMILES string of the molecule is O=C(NCC1(c2ccccc2F)CCOCC1)c1ccc(CN2CCOCC2)o1. The topological polar surface area (TPSA) is 63.9 Å². The van der Waals surface area contributed by atoms with Crippen LogP contribution in [-0.4, -0.2) is 56.9 Å². The summed E-state index contributed by atoms with van der Waals surface area (Å²) in [4.78, 5) is 14.9. The van der Waals surface area contributed by atoms with Gasteiger partial charge < -0.3 is 19.2 Å². The molecule has 7 heteroatoms. The summed E-state index contributed by atoms with van der Waals surface area (Å²) < 4.78 is 31.1. The van der Waals surface area contributed by atoms with Crippen molar-refractivity contribution in [2.24, 2.45) is 0 Å². The summed E-state index contributed by atoms with van der Waals surface area (Å²) in [6, 6.07) is 10.3. The third kappa shape index (κ3) is 4.69. The van der Waals surface area contributed by atoms with Gasteiger partial charge in [0.1, 0.15) is 11.6 Å². The van der Waals surface area contributed by atoms with Crippen LogP contribution in [0.2, 0.25) is 0 Å². The highest BCUT2D eigenvalue weighted by Crippen LogP contribution is 2.35. The standard InChI is InChI=1S/C22H27FN2O4/c23-19-4-2-1-3-18(19)22(7-11-27-12-8-22)16-24-21(26)20-6-5-17(29-20)15-25-9-13-28-14-10-25/h1-6H,7-16H2,(H,24,26). The molecule has 0 aliphatic carbocycles. The molecule has 0 spiro atoms. The number of hydrogen-bond donors (Lipinski definition) is 1. The van der Waals surface area contributed by atoms with Crippen LogP contribution in [0, 0.1) is 5.82 Å². The number of amides is 1. The van der Waals surface area contributed by atoms with Crippen molar-refractivity contribution in [1.82, 2.24) is 10.2 Å². The number of rotatable bonds is 6. The third-order valence-electron chi connectivity index (χ3n) is 5.85. The molecule has 1 amide bonds. The van der Waals surface area contributed by atoms with E-state index in [4.69, 9.17) is 13.9 Å². The molecule has 2 aromatic rings. The molecule has 2 saturated heterocycles. The van der Waals surface area contributed by atoms with E-state index in [0.717, 1.165) is 32.1 Å². The Balaban J connectivity index is 1.41. The van der Waals surface area contributed by atoms with Gasteiger partial charge in [-0.2, -0.15) is 0 Å². The maximum Gasteiger partial charge on any atom is 0.287 e. The van der Waals surface area contributed by atoms with Crippen molar-refractivity contribution >= 4 is 5.91 Å². The Labute approximate surface area is 170 Å². The van der Waals surface area contributed by atoms with E-state index in [-0.39, 0.29) is 17.5 Å². The summed E-state index contributed by atoms with van der Waals surface area (Å²) in [5.74, 6) is 0.519. The van der Waals surface area contributed by atoms with Gasteiger partial charge in [0, 0.05) is 38.3 Å². The Kier molecular flexibility index (Phi) is 6.28. The number of morpholine rings is 1. The summed E-state index contributed by atoms with van der Waals surface area (Å²) in [6.07, 6.45) is 1.32. The lowest BCUT2D eigenvalue weighted by Crippen LogP contribution is -2.45. The van der Waals surface area contributed by atoms with Crippen LogP contribution in [0.4, 0.5) is 4.39 Å². The van der Waals surface area contributed by atoms with E-state index in [2.05, 4.69) is 10.2 Å². The minimum atomic E-state index is -0.470. The molecule has 4 rings (SSSR count). The molecule has 2 aliphatic heterocycles. The van der Waals surface area contributed by atoms with Crippen LogP contribution in [0.3, 0.4) is 0 Å². The van der Waals surface area contributed by atoms with Gasteiger partial charge in [0.2, 0.25) is 0 Å². The second kappa shape index (κ2) is 9.07. The first kappa shape index (κ1) is 20.1. The maximum absolute atomic E-state index is 14.5. The fourth-order valence-electron chi connectivity index (χ4n) is 4.10. The summed E-state index contributed by atoms with van der Waals surface area (Å²) >= 11 is 0. The van der Waals surface area contributed by atoms with Crippen LogP contribution < -0.4 is 5.32 Å². The Morgan fingerprint density at radius 1 is 1.03 bits per heavy atom. The van der Waals surface area contributed by atoms with Crippen molar-refractivity contribution in [1.29, 1.82) is 0 Å². The molecule has 2 fully saturated rings. The van der Waals surface area contributed by atoms with Gasteiger partial charge in [0.05, 0.1) is 19.8 Å². The van der Waals surface area contributed by atoms with Crippen molar-refractivity contribution in [3.8, 4) is 0 Å². The van der Waals surface area contributed by atoms with E-state index in [1.54, 1.807) is 18.2 Å². The molecule has 0 saturated carbocycles. The summed E-state index contributed by atoms with van der Waals surface area (Å²) in [6.45, 7) is 5.25. The Bertz CT molecular complexity index is 826. The third-order valence-corrected chi connectivity index (χ3v) is 5.85. The smallest absolute Gasteiger partial charge is 0.287 e. The van der Waals surface area contributed by atoms with Crippen molar-refractivity contribution in [2.45, 2.75) is 24.8 Å². The molecule has 156 valence electrons. The number of benzene rings is 1. The Hall–Kier alpha value is -2.22. The molecule has 6 nitrogen and oxygen atoms in total. The fourth-order valence-corrected chi connectivity index (χ4v) is 4.10. The Morgan fingerprint density at radius 3 is 2.52 bits per heavy atom. The number of furan rings is 1. The van der Waals surface area contributed by atoms with Gasteiger partial charge in [0.25, 0.3) is 5.91 Å². The van der Waals surface area contributed by atoms with E-state index >= 15 is 0 Å².